The molecule has 1 unspecified atom stereocenters. The van der Waals surface area contributed by atoms with Gasteiger partial charge < -0.3 is 25.4 Å². The fourth-order valence-corrected chi connectivity index (χ4v) is 2.24. The van der Waals surface area contributed by atoms with E-state index in [2.05, 4.69) is 0 Å². The molecule has 30 heavy (non-hydrogen) atoms. The number of ether oxygens (including phenoxy) is 1. The summed E-state index contributed by atoms with van der Waals surface area (Å²) in [7, 11) is 0. The number of hydrogen-bond donors (Lipinski definition) is 4. The molecule has 0 aliphatic carbocycles. The molecule has 0 saturated heterocycles. The molecule has 2 rings (SSSR count). The van der Waals surface area contributed by atoms with Gasteiger partial charge in [-0.2, -0.15) is 0 Å². The van der Waals surface area contributed by atoms with Crippen LogP contribution in [0.25, 0.3) is 0 Å². The van der Waals surface area contributed by atoms with E-state index in [-0.39, 0.29) is 12.8 Å². The second kappa shape index (κ2) is 15.0. The Bertz CT molecular complexity index is 1360. The van der Waals surface area contributed by atoms with E-state index in [1.807, 2.05) is 12.1 Å². The molecule has 2 aromatic rings. The maximum atomic E-state index is 10.8. The van der Waals surface area contributed by atoms with Crippen molar-refractivity contribution in [3.05, 3.63) is 65.1 Å². The monoisotopic (exact) mass is 431 g/mol. The van der Waals surface area contributed by atoms with Gasteiger partial charge in [-0.05, 0) is 61.7 Å². The van der Waals surface area contributed by atoms with Crippen LogP contribution in [0.5, 0.6) is 5.75 Å². The Morgan fingerprint density at radius 2 is 1.87 bits per heavy atom. The van der Waals surface area contributed by atoms with Gasteiger partial charge in [0.05, 0.1) is 23.7 Å². The second-order valence-electron chi connectivity index (χ2n) is 6.00. The van der Waals surface area contributed by atoms with Gasteiger partial charge in [-0.25, -0.2) is 0 Å². The van der Waals surface area contributed by atoms with Crippen LogP contribution >= 0.6 is 0 Å². The van der Waals surface area contributed by atoms with Crippen LogP contribution in [0.2, 0.25) is 0 Å². The molecule has 166 valence electrons. The van der Waals surface area contributed by atoms with E-state index in [4.69, 9.17) is 26.7 Å². The van der Waals surface area contributed by atoms with Crippen molar-refractivity contribution in [2.45, 2.75) is 57.5 Å². The van der Waals surface area contributed by atoms with Crippen LogP contribution in [-0.2, 0) is 17.8 Å². The zero-order chi connectivity index (χ0) is 35.7. The number of phenols is 1. The lowest BCUT2D eigenvalue weighted by atomic mass is 10.1. The minimum absolute atomic E-state index is 0.229. The van der Waals surface area contributed by atoms with Crippen LogP contribution in [0, 0.1) is 0 Å². The predicted molar refractivity (Wildman–Crippen MR) is 121 cm³/mol. The Morgan fingerprint density at radius 1 is 1.07 bits per heavy atom. The first-order chi connectivity index (χ1) is 20.7. The molecule has 0 radical (unpaired) electrons. The Hall–Kier alpha value is -1.92. The average Bonchev–Trinajstić information content (AvgIpc) is 2.90. The van der Waals surface area contributed by atoms with Crippen LogP contribution in [0.1, 0.15) is 83.1 Å². The SMILES string of the molecule is [2H]c1c([2H])c(C([2H])(O)C([2H])([2H])NC([2H])([2H])C([2H])([2H])CCC([2H])([2H])C([2H])([2H])OC([2H])([2H])CCCc2ccccc2)c([2H])c(CO)c1O. The van der Waals surface area contributed by atoms with Crippen LogP contribution < -0.4 is 5.32 Å². The zero-order valence-electron chi connectivity index (χ0n) is 32.4. The van der Waals surface area contributed by atoms with Gasteiger partial charge in [0.15, 0.2) is 0 Å². The first-order valence-corrected chi connectivity index (χ1v) is 9.35. The molecular weight excluding hydrogens is 378 g/mol. The highest BCUT2D eigenvalue weighted by atomic mass is 16.5. The number of aromatic hydroxyl groups is 1. The van der Waals surface area contributed by atoms with Crippen molar-refractivity contribution in [1.29, 1.82) is 0 Å². The van der Waals surface area contributed by atoms with E-state index in [9.17, 15) is 15.3 Å². The van der Waals surface area contributed by atoms with Gasteiger partial charge in [-0.3, -0.25) is 0 Å². The van der Waals surface area contributed by atoms with E-state index in [0.29, 0.717) is 6.42 Å². The van der Waals surface area contributed by atoms with Crippen molar-refractivity contribution in [2.75, 3.05) is 26.1 Å². The Morgan fingerprint density at radius 3 is 2.67 bits per heavy atom. The molecule has 5 nitrogen and oxygen atoms in total. The fraction of sp³-hybridized carbons (Fsp3) is 0.520. The fourth-order valence-electron chi connectivity index (χ4n) is 2.24. The van der Waals surface area contributed by atoms with Gasteiger partial charge in [0.1, 0.15) is 5.75 Å². The normalized spacial score (nSPS) is 23.9. The summed E-state index contributed by atoms with van der Waals surface area (Å²) in [5.74, 6) is -1.03. The van der Waals surface area contributed by atoms with E-state index in [0.717, 1.165) is 5.56 Å². The second-order valence-corrected chi connectivity index (χ2v) is 6.00. The van der Waals surface area contributed by atoms with Gasteiger partial charge in [0, 0.05) is 36.1 Å². The Kier molecular flexibility index (Phi) is 5.06. The van der Waals surface area contributed by atoms with E-state index in [1.165, 1.54) is 5.32 Å². The lowest BCUT2D eigenvalue weighted by molar-refractivity contribution is 0.126. The van der Waals surface area contributed by atoms with Crippen LogP contribution in [-0.4, -0.2) is 41.4 Å². The summed E-state index contributed by atoms with van der Waals surface area (Å²) < 4.78 is 135. The quantitative estimate of drug-likeness (QED) is 0.322. The van der Waals surface area contributed by atoms with Crippen molar-refractivity contribution in [1.82, 2.24) is 5.32 Å². The standard InChI is InChI=1S/C25H37NO4/c27-20-23-18-22(13-14-24(23)28)25(29)19-26-15-7-1-2-8-16-30-17-9-6-12-21-10-4-3-5-11-21/h3-5,10-11,13-14,18,25-29H,1-2,6-9,12,15-17,19-20H2/i7D2,8D2,13D,14D,15D2,16D2,17D2,18D,19D2,25D. The maximum absolute atomic E-state index is 10.8. The molecule has 0 fully saturated rings. The van der Waals surface area contributed by atoms with Crippen molar-refractivity contribution < 1.29 is 42.0 Å². The van der Waals surface area contributed by atoms with Crippen molar-refractivity contribution in [3.8, 4) is 5.75 Å². The molecule has 0 amide bonds. The summed E-state index contributed by atoms with van der Waals surface area (Å²) >= 11 is 0. The highest BCUT2D eigenvalue weighted by Gasteiger charge is 2.09. The summed E-state index contributed by atoms with van der Waals surface area (Å²) in [5.41, 5.74) is -1.07. The number of aliphatic hydroxyl groups excluding tert-OH is 1. The summed E-state index contributed by atoms with van der Waals surface area (Å²) in [4.78, 5) is 0. The third-order valence-corrected chi connectivity index (χ3v) is 3.75. The molecule has 0 aromatic heterocycles. The summed E-state index contributed by atoms with van der Waals surface area (Å²) in [6.07, 6.45) is -12.0. The molecule has 2 aromatic carbocycles. The molecule has 0 aliphatic rings. The van der Waals surface area contributed by atoms with E-state index in [1.54, 1.807) is 18.2 Å². The summed E-state index contributed by atoms with van der Waals surface area (Å²) in [6.45, 7) is -14.4. The molecule has 0 bridgehead atoms. The molecule has 0 spiro atoms. The first-order valence-electron chi connectivity index (χ1n) is 17.4. The highest BCUT2D eigenvalue weighted by Crippen LogP contribution is 2.22. The Labute approximate surface area is 203 Å². The van der Waals surface area contributed by atoms with Gasteiger partial charge in [0.2, 0.25) is 0 Å². The largest absolute Gasteiger partial charge is 0.508 e. The molecule has 5 heteroatoms. The predicted octanol–water partition coefficient (Wildman–Crippen LogP) is 4.11. The maximum Gasteiger partial charge on any atom is 0.121 e. The topological polar surface area (TPSA) is 82.0 Å². The van der Waals surface area contributed by atoms with Crippen LogP contribution in [0.4, 0.5) is 0 Å². The van der Waals surface area contributed by atoms with E-state index >= 15 is 0 Å². The van der Waals surface area contributed by atoms with Crippen LogP contribution in [0.3, 0.4) is 0 Å². The number of nitrogens with one attached hydrogen (secondary N) is 1. The lowest BCUT2D eigenvalue weighted by Crippen LogP contribution is -2.22. The highest BCUT2D eigenvalue weighted by molar-refractivity contribution is 5.36. The lowest BCUT2D eigenvalue weighted by Gasteiger charge is -2.14. The van der Waals surface area contributed by atoms with Gasteiger partial charge in [-0.15, -0.1) is 0 Å². The molecular formula is C25H37NO4. The van der Waals surface area contributed by atoms with E-state index < -0.39 is 99.4 Å². The third kappa shape index (κ3) is 9.72. The van der Waals surface area contributed by atoms with Crippen molar-refractivity contribution in [3.63, 3.8) is 0 Å². The van der Waals surface area contributed by atoms with Crippen molar-refractivity contribution >= 4 is 0 Å². The number of rotatable bonds is 16. The summed E-state index contributed by atoms with van der Waals surface area (Å²) in [5, 5.41) is 31.7. The molecule has 0 saturated carbocycles. The number of aryl methyl sites for hydroxylation is 1. The average molecular weight is 432 g/mol. The molecule has 1 atom stereocenters. The molecule has 0 aliphatic heterocycles. The zero-order valence-corrected chi connectivity index (χ0v) is 16.4. The Balaban J connectivity index is 2.21. The summed E-state index contributed by atoms with van der Waals surface area (Å²) in [6, 6.07) is 5.67. The third-order valence-electron chi connectivity index (χ3n) is 3.75. The minimum atomic E-state index is -3.79. The number of hydrogen-bond acceptors (Lipinski definition) is 5. The molecule has 4 N–H and O–H groups in total. The van der Waals surface area contributed by atoms with Gasteiger partial charge in [0.25, 0.3) is 0 Å². The minimum Gasteiger partial charge on any atom is -0.508 e. The molecule has 0 heterocycles. The van der Waals surface area contributed by atoms with Crippen LogP contribution in [0.15, 0.2) is 48.5 Å². The number of aliphatic hydroxyl groups is 2. The van der Waals surface area contributed by atoms with Crippen molar-refractivity contribution in [2.24, 2.45) is 0 Å². The smallest absolute Gasteiger partial charge is 0.121 e. The number of benzene rings is 2. The first kappa shape index (κ1) is 10.1. The van der Waals surface area contributed by atoms with Gasteiger partial charge >= 0.3 is 0 Å². The van der Waals surface area contributed by atoms with Gasteiger partial charge in [-0.1, -0.05) is 49.2 Å².